The Morgan fingerprint density at radius 3 is 2.62 bits per heavy atom. The van der Waals surface area contributed by atoms with Gasteiger partial charge in [0.05, 0.1) is 10.8 Å². The molecule has 2 aromatic rings. The van der Waals surface area contributed by atoms with Gasteiger partial charge in [-0.1, -0.05) is 38.7 Å². The summed E-state index contributed by atoms with van der Waals surface area (Å²) < 4.78 is 0. The number of hydrogen-bond donors (Lipinski definition) is 3. The molecular weight excluding hydrogens is 266 g/mol. The van der Waals surface area contributed by atoms with Crippen molar-refractivity contribution in [1.29, 1.82) is 0 Å². The fourth-order valence-electron chi connectivity index (χ4n) is 2.56. The van der Waals surface area contributed by atoms with Gasteiger partial charge in [0.2, 0.25) is 0 Å². The Morgan fingerprint density at radius 1 is 1.10 bits per heavy atom. The average molecular weight is 289 g/mol. The fourth-order valence-corrected chi connectivity index (χ4v) is 2.56. The number of hydrogen-bond acceptors (Lipinski definition) is 3. The summed E-state index contributed by atoms with van der Waals surface area (Å²) in [7, 11) is 0. The van der Waals surface area contributed by atoms with Crippen molar-refractivity contribution < 1.29 is 0 Å². The van der Waals surface area contributed by atoms with Crippen molar-refractivity contribution >= 4 is 16.5 Å². The highest BCUT2D eigenvalue weighted by Gasteiger charge is 2.10. The highest BCUT2D eigenvalue weighted by molar-refractivity contribution is 5.92. The molecule has 1 atom stereocenters. The predicted octanol–water partition coefficient (Wildman–Crippen LogP) is 2.99. The van der Waals surface area contributed by atoms with Gasteiger partial charge in [0, 0.05) is 11.7 Å². The van der Waals surface area contributed by atoms with E-state index in [4.69, 9.17) is 0 Å². The van der Waals surface area contributed by atoms with Gasteiger partial charge in [-0.05, 0) is 25.5 Å². The van der Waals surface area contributed by atoms with E-state index in [1.54, 1.807) is 12.1 Å². The third-order valence-corrected chi connectivity index (χ3v) is 3.72. The summed E-state index contributed by atoms with van der Waals surface area (Å²) in [6, 6.07) is 5.58. The summed E-state index contributed by atoms with van der Waals surface area (Å²) in [5, 5.41) is 8.94. The first kappa shape index (κ1) is 15.4. The molecule has 0 saturated heterocycles. The van der Waals surface area contributed by atoms with Crippen LogP contribution in [0, 0.1) is 0 Å². The molecule has 0 saturated carbocycles. The minimum absolute atomic E-state index is 0.270. The van der Waals surface area contributed by atoms with E-state index >= 15 is 0 Å². The molecule has 114 valence electrons. The summed E-state index contributed by atoms with van der Waals surface area (Å²) in [6.07, 6.45) is 5.94. The number of H-pyrrole nitrogens is 2. The number of fused-ring (bicyclic) bond motifs is 1. The number of rotatable bonds is 7. The molecule has 0 radical (unpaired) electrons. The number of unbranched alkanes of at least 4 members (excludes halogenated alkanes) is 3. The molecule has 5 nitrogen and oxygen atoms in total. The van der Waals surface area contributed by atoms with Crippen LogP contribution in [0.3, 0.4) is 0 Å². The van der Waals surface area contributed by atoms with E-state index < -0.39 is 0 Å². The van der Waals surface area contributed by atoms with Crippen LogP contribution in [0.25, 0.3) is 10.8 Å². The van der Waals surface area contributed by atoms with Crippen LogP contribution in [-0.4, -0.2) is 16.2 Å². The summed E-state index contributed by atoms with van der Waals surface area (Å²) in [5.74, 6) is 0. The second-order valence-corrected chi connectivity index (χ2v) is 5.53. The van der Waals surface area contributed by atoms with E-state index in [1.165, 1.54) is 25.7 Å². The largest absolute Gasteiger partial charge is 0.382 e. The maximum atomic E-state index is 12.0. The second-order valence-electron chi connectivity index (χ2n) is 5.53. The smallest absolute Gasteiger partial charge is 0.272 e. The van der Waals surface area contributed by atoms with Gasteiger partial charge < -0.3 is 5.32 Å². The molecule has 5 heteroatoms. The van der Waals surface area contributed by atoms with Crippen molar-refractivity contribution in [3.8, 4) is 0 Å². The van der Waals surface area contributed by atoms with Gasteiger partial charge in [-0.3, -0.25) is 19.8 Å². The lowest BCUT2D eigenvalue weighted by atomic mass is 10.1. The van der Waals surface area contributed by atoms with Crippen molar-refractivity contribution in [2.45, 2.75) is 52.0 Å². The standard InChI is InChI=1S/C16H23N3O2/c1-3-4-5-6-8-11(2)17-13-10-7-9-12-14(13)16(21)19-18-15(12)20/h7,9-11,17H,3-6,8H2,1-2H3,(H,18,20)(H,19,21). The first-order chi connectivity index (χ1) is 10.1. The highest BCUT2D eigenvalue weighted by atomic mass is 16.1. The Labute approximate surface area is 123 Å². The van der Waals surface area contributed by atoms with Gasteiger partial charge in [-0.25, -0.2) is 0 Å². The molecule has 1 unspecified atom stereocenters. The number of anilines is 1. The Hall–Kier alpha value is -2.04. The molecule has 1 heterocycles. The SMILES string of the molecule is CCCCCCC(C)Nc1cccc2c(=O)[nH][nH]c(=O)c12. The summed E-state index contributed by atoms with van der Waals surface area (Å²) in [5.41, 5.74) is 0.178. The van der Waals surface area contributed by atoms with E-state index in [0.717, 1.165) is 12.1 Å². The zero-order valence-corrected chi connectivity index (χ0v) is 12.7. The molecule has 0 bridgehead atoms. The van der Waals surface area contributed by atoms with E-state index in [0.29, 0.717) is 10.8 Å². The maximum Gasteiger partial charge on any atom is 0.272 e. The second kappa shape index (κ2) is 7.11. The van der Waals surface area contributed by atoms with Gasteiger partial charge in [-0.15, -0.1) is 0 Å². The molecule has 0 fully saturated rings. The van der Waals surface area contributed by atoms with Gasteiger partial charge in [0.25, 0.3) is 11.1 Å². The minimum Gasteiger partial charge on any atom is -0.382 e. The van der Waals surface area contributed by atoms with Crippen LogP contribution in [0.5, 0.6) is 0 Å². The van der Waals surface area contributed by atoms with Crippen LogP contribution in [0.2, 0.25) is 0 Å². The first-order valence-electron chi connectivity index (χ1n) is 7.63. The van der Waals surface area contributed by atoms with Crippen LogP contribution in [0.1, 0.15) is 46.0 Å². The molecule has 0 spiro atoms. The third kappa shape index (κ3) is 3.74. The van der Waals surface area contributed by atoms with Gasteiger partial charge >= 0.3 is 0 Å². The Kier molecular flexibility index (Phi) is 5.20. The molecular formula is C16H23N3O2. The summed E-state index contributed by atoms with van der Waals surface area (Å²) in [6.45, 7) is 4.30. The molecule has 0 aliphatic carbocycles. The summed E-state index contributed by atoms with van der Waals surface area (Å²) in [4.78, 5) is 23.7. The van der Waals surface area contributed by atoms with Gasteiger partial charge in [0.15, 0.2) is 0 Å². The molecule has 1 aromatic heterocycles. The lowest BCUT2D eigenvalue weighted by molar-refractivity contribution is 0.594. The topological polar surface area (TPSA) is 77.8 Å². The molecule has 2 rings (SSSR count). The molecule has 0 aliphatic heterocycles. The van der Waals surface area contributed by atoms with Gasteiger partial charge in [-0.2, -0.15) is 0 Å². The quantitative estimate of drug-likeness (QED) is 0.686. The van der Waals surface area contributed by atoms with Crippen molar-refractivity contribution in [3.63, 3.8) is 0 Å². The number of aromatic amines is 2. The molecule has 0 amide bonds. The van der Waals surface area contributed by atoms with Gasteiger partial charge in [0.1, 0.15) is 0 Å². The normalized spacial score (nSPS) is 12.5. The van der Waals surface area contributed by atoms with Crippen LogP contribution in [0.15, 0.2) is 27.8 Å². The highest BCUT2D eigenvalue weighted by Crippen LogP contribution is 2.19. The lowest BCUT2D eigenvalue weighted by Gasteiger charge is -2.16. The van der Waals surface area contributed by atoms with Crippen LogP contribution in [-0.2, 0) is 0 Å². The minimum atomic E-state index is -0.274. The molecule has 0 aliphatic rings. The van der Waals surface area contributed by atoms with E-state index in [-0.39, 0.29) is 17.2 Å². The predicted molar refractivity (Wildman–Crippen MR) is 87.0 cm³/mol. The zero-order valence-electron chi connectivity index (χ0n) is 12.7. The Morgan fingerprint density at radius 2 is 1.86 bits per heavy atom. The van der Waals surface area contributed by atoms with Crippen LogP contribution in [0.4, 0.5) is 5.69 Å². The number of aromatic nitrogens is 2. The van der Waals surface area contributed by atoms with E-state index in [9.17, 15) is 9.59 Å². The Balaban J connectivity index is 2.17. The van der Waals surface area contributed by atoms with Crippen molar-refractivity contribution in [2.24, 2.45) is 0 Å². The number of benzene rings is 1. The molecule has 1 aromatic carbocycles. The van der Waals surface area contributed by atoms with E-state index in [2.05, 4.69) is 29.4 Å². The van der Waals surface area contributed by atoms with Crippen molar-refractivity contribution in [2.75, 3.05) is 5.32 Å². The van der Waals surface area contributed by atoms with Crippen molar-refractivity contribution in [3.05, 3.63) is 38.9 Å². The van der Waals surface area contributed by atoms with Crippen LogP contribution >= 0.6 is 0 Å². The van der Waals surface area contributed by atoms with Crippen LogP contribution < -0.4 is 16.4 Å². The number of nitrogens with one attached hydrogen (secondary N) is 3. The average Bonchev–Trinajstić information content (AvgIpc) is 2.48. The van der Waals surface area contributed by atoms with Crippen molar-refractivity contribution in [1.82, 2.24) is 10.2 Å². The summed E-state index contributed by atoms with van der Waals surface area (Å²) >= 11 is 0. The molecule has 3 N–H and O–H groups in total. The monoisotopic (exact) mass is 289 g/mol. The maximum absolute atomic E-state index is 12.0. The fraction of sp³-hybridized carbons (Fsp3) is 0.500. The first-order valence-corrected chi connectivity index (χ1v) is 7.63. The Bertz CT molecular complexity index is 702. The zero-order chi connectivity index (χ0) is 15.2. The lowest BCUT2D eigenvalue weighted by Crippen LogP contribution is -2.22. The third-order valence-electron chi connectivity index (χ3n) is 3.72. The van der Waals surface area contributed by atoms with E-state index in [1.807, 2.05) is 6.07 Å². The molecule has 21 heavy (non-hydrogen) atoms.